The van der Waals surface area contributed by atoms with E-state index in [-0.39, 0.29) is 5.88 Å². The van der Waals surface area contributed by atoms with Crippen LogP contribution < -0.4 is 4.74 Å². The van der Waals surface area contributed by atoms with Gasteiger partial charge in [0, 0.05) is 13.1 Å². The second-order valence-electron chi connectivity index (χ2n) is 4.85. The van der Waals surface area contributed by atoms with Crippen LogP contribution in [-0.4, -0.2) is 15.9 Å². The first-order valence-corrected chi connectivity index (χ1v) is 8.91. The van der Waals surface area contributed by atoms with Crippen molar-refractivity contribution in [2.45, 2.75) is 6.92 Å². The Kier molecular flexibility index (Phi) is 3.84. The van der Waals surface area contributed by atoms with Crippen molar-refractivity contribution >= 4 is 50.5 Å². The number of thiophene rings is 2. The number of oxazole rings is 1. The Morgan fingerprint density at radius 2 is 2.12 bits per heavy atom. The number of esters is 1. The van der Waals surface area contributed by atoms with Crippen LogP contribution in [0.1, 0.15) is 6.92 Å². The molecule has 24 heavy (non-hydrogen) atoms. The number of ether oxygens (including phenoxy) is 1. The van der Waals surface area contributed by atoms with E-state index in [2.05, 4.69) is 9.97 Å². The predicted octanol–water partition coefficient (Wildman–Crippen LogP) is 5.26. The molecule has 0 bridgehead atoms. The standard InChI is InChI=1S/C16H9ClN2O3S2/c1-8(20)21-16-14(11-4-5-13(17)24-11)22-15(19-16)12-7-9-10(23-12)3-2-6-18-9/h2-7H,1H3. The highest BCUT2D eigenvalue weighted by Gasteiger charge is 2.22. The molecule has 0 fully saturated rings. The molecule has 8 heteroatoms. The molecule has 4 aromatic rings. The zero-order valence-electron chi connectivity index (χ0n) is 12.3. The molecule has 0 saturated heterocycles. The second kappa shape index (κ2) is 6.01. The van der Waals surface area contributed by atoms with Crippen LogP contribution in [-0.2, 0) is 4.79 Å². The number of nitrogens with zero attached hydrogens (tertiary/aromatic N) is 2. The molecule has 0 spiro atoms. The van der Waals surface area contributed by atoms with E-state index in [0.717, 1.165) is 20.0 Å². The van der Waals surface area contributed by atoms with Crippen molar-refractivity contribution < 1.29 is 13.9 Å². The van der Waals surface area contributed by atoms with Gasteiger partial charge in [-0.15, -0.1) is 22.7 Å². The summed E-state index contributed by atoms with van der Waals surface area (Å²) in [5.74, 6) is 0.453. The van der Waals surface area contributed by atoms with Gasteiger partial charge < -0.3 is 9.15 Å². The molecule has 0 amide bonds. The van der Waals surface area contributed by atoms with Crippen molar-refractivity contribution in [3.63, 3.8) is 0 Å². The summed E-state index contributed by atoms with van der Waals surface area (Å²) in [7, 11) is 0. The number of hydrogen-bond acceptors (Lipinski definition) is 7. The summed E-state index contributed by atoms with van der Waals surface area (Å²) in [6.07, 6.45) is 1.73. The summed E-state index contributed by atoms with van der Waals surface area (Å²) in [5, 5.41) is 0. The third kappa shape index (κ3) is 2.82. The van der Waals surface area contributed by atoms with Crippen LogP contribution in [0.3, 0.4) is 0 Å². The average molecular weight is 377 g/mol. The minimum atomic E-state index is -0.461. The third-order valence-electron chi connectivity index (χ3n) is 3.13. The van der Waals surface area contributed by atoms with Gasteiger partial charge in [-0.1, -0.05) is 11.6 Å². The maximum atomic E-state index is 11.4. The summed E-state index contributed by atoms with van der Waals surface area (Å²) >= 11 is 8.82. The zero-order valence-corrected chi connectivity index (χ0v) is 14.7. The Labute approximate surface area is 149 Å². The van der Waals surface area contributed by atoms with E-state index in [1.54, 1.807) is 18.3 Å². The highest BCUT2D eigenvalue weighted by molar-refractivity contribution is 7.22. The first kappa shape index (κ1) is 15.3. The van der Waals surface area contributed by atoms with Crippen LogP contribution in [0.5, 0.6) is 5.88 Å². The minimum Gasteiger partial charge on any atom is -0.430 e. The lowest BCUT2D eigenvalue weighted by atomic mass is 10.4. The quantitative estimate of drug-likeness (QED) is 0.456. The van der Waals surface area contributed by atoms with Crippen LogP contribution in [0, 0.1) is 0 Å². The largest absolute Gasteiger partial charge is 0.430 e. The lowest BCUT2D eigenvalue weighted by Gasteiger charge is -1.96. The number of halogens is 1. The van der Waals surface area contributed by atoms with Crippen LogP contribution in [0.15, 0.2) is 40.9 Å². The molecule has 4 heterocycles. The first-order valence-electron chi connectivity index (χ1n) is 6.90. The number of aromatic nitrogens is 2. The highest BCUT2D eigenvalue weighted by atomic mass is 35.5. The number of carbonyl (C=O) groups is 1. The van der Waals surface area contributed by atoms with Gasteiger partial charge in [0.15, 0.2) is 0 Å². The van der Waals surface area contributed by atoms with Gasteiger partial charge in [0.1, 0.15) is 0 Å². The van der Waals surface area contributed by atoms with Crippen LogP contribution >= 0.6 is 34.3 Å². The Morgan fingerprint density at radius 1 is 1.25 bits per heavy atom. The predicted molar refractivity (Wildman–Crippen MR) is 94.7 cm³/mol. The summed E-state index contributed by atoms with van der Waals surface area (Å²) in [6, 6.07) is 9.31. The van der Waals surface area contributed by atoms with E-state index in [1.165, 1.54) is 29.6 Å². The van der Waals surface area contributed by atoms with Gasteiger partial charge in [-0.05, 0) is 30.3 Å². The van der Waals surface area contributed by atoms with E-state index in [4.69, 9.17) is 20.8 Å². The molecule has 0 atom stereocenters. The first-order chi connectivity index (χ1) is 11.6. The number of rotatable bonds is 3. The van der Waals surface area contributed by atoms with E-state index in [9.17, 15) is 4.79 Å². The summed E-state index contributed by atoms with van der Waals surface area (Å²) in [6.45, 7) is 1.32. The summed E-state index contributed by atoms with van der Waals surface area (Å²) in [5.41, 5.74) is 0.866. The monoisotopic (exact) mass is 376 g/mol. The van der Waals surface area contributed by atoms with Gasteiger partial charge in [-0.3, -0.25) is 9.78 Å². The topological polar surface area (TPSA) is 65.2 Å². The van der Waals surface area contributed by atoms with Gasteiger partial charge in [0.05, 0.1) is 24.3 Å². The molecule has 0 N–H and O–H groups in total. The molecule has 0 aromatic carbocycles. The fraction of sp³-hybridized carbons (Fsp3) is 0.0625. The fourth-order valence-corrected chi connectivity index (χ4v) is 4.15. The van der Waals surface area contributed by atoms with Gasteiger partial charge in [-0.2, -0.15) is 4.98 Å². The summed E-state index contributed by atoms with van der Waals surface area (Å²) in [4.78, 5) is 21.6. The van der Waals surface area contributed by atoms with Crippen molar-refractivity contribution in [2.24, 2.45) is 0 Å². The number of pyridine rings is 1. The number of carbonyl (C=O) groups excluding carboxylic acids is 1. The maximum absolute atomic E-state index is 11.4. The Balaban J connectivity index is 1.84. The van der Waals surface area contributed by atoms with E-state index >= 15 is 0 Å². The van der Waals surface area contributed by atoms with Crippen LogP contribution in [0.4, 0.5) is 0 Å². The molecule has 4 aromatic heterocycles. The third-order valence-corrected chi connectivity index (χ3v) is 5.44. The van der Waals surface area contributed by atoms with E-state index in [0.29, 0.717) is 16.0 Å². The number of fused-ring (bicyclic) bond motifs is 1. The van der Waals surface area contributed by atoms with Crippen LogP contribution in [0.2, 0.25) is 4.34 Å². The lowest BCUT2D eigenvalue weighted by Crippen LogP contribution is -2.02. The van der Waals surface area contributed by atoms with Crippen molar-refractivity contribution in [1.29, 1.82) is 0 Å². The smallest absolute Gasteiger partial charge is 0.309 e. The molecular formula is C16H9ClN2O3S2. The fourth-order valence-electron chi connectivity index (χ4n) is 2.18. The Morgan fingerprint density at radius 3 is 2.83 bits per heavy atom. The zero-order chi connectivity index (χ0) is 16.7. The van der Waals surface area contributed by atoms with E-state index < -0.39 is 5.97 Å². The van der Waals surface area contributed by atoms with Crippen LogP contribution in [0.25, 0.3) is 31.6 Å². The van der Waals surface area contributed by atoms with E-state index in [1.807, 2.05) is 18.2 Å². The Bertz CT molecular complexity index is 1020. The molecule has 0 aliphatic heterocycles. The molecule has 0 unspecified atom stereocenters. The SMILES string of the molecule is CC(=O)Oc1nc(-c2cc3ncccc3s2)oc1-c1ccc(Cl)s1. The number of hydrogen-bond donors (Lipinski definition) is 0. The minimum absolute atomic E-state index is 0.140. The van der Waals surface area contributed by atoms with Crippen molar-refractivity contribution in [3.8, 4) is 27.3 Å². The van der Waals surface area contributed by atoms with Gasteiger partial charge in [0.25, 0.3) is 5.88 Å². The maximum Gasteiger partial charge on any atom is 0.309 e. The lowest BCUT2D eigenvalue weighted by molar-refractivity contribution is -0.132. The molecule has 120 valence electrons. The van der Waals surface area contributed by atoms with Gasteiger partial charge in [0.2, 0.25) is 11.7 Å². The van der Waals surface area contributed by atoms with Gasteiger partial charge >= 0.3 is 5.97 Å². The summed E-state index contributed by atoms with van der Waals surface area (Å²) < 4.78 is 12.7. The molecular weight excluding hydrogens is 368 g/mol. The van der Waals surface area contributed by atoms with Crippen molar-refractivity contribution in [3.05, 3.63) is 40.9 Å². The molecule has 0 aliphatic carbocycles. The molecule has 4 rings (SSSR count). The Hall–Kier alpha value is -2.22. The molecule has 5 nitrogen and oxygen atoms in total. The highest BCUT2D eigenvalue weighted by Crippen LogP contribution is 2.41. The molecule has 0 saturated carbocycles. The van der Waals surface area contributed by atoms with Gasteiger partial charge in [-0.25, -0.2) is 0 Å². The van der Waals surface area contributed by atoms with Crippen molar-refractivity contribution in [2.75, 3.05) is 0 Å². The molecule has 0 radical (unpaired) electrons. The van der Waals surface area contributed by atoms with Crippen molar-refractivity contribution in [1.82, 2.24) is 9.97 Å². The normalized spacial score (nSPS) is 11.1. The average Bonchev–Trinajstić information content (AvgIpc) is 3.23. The molecule has 0 aliphatic rings. The second-order valence-corrected chi connectivity index (χ2v) is 7.65.